The fourth-order valence-corrected chi connectivity index (χ4v) is 6.20. The van der Waals surface area contributed by atoms with E-state index >= 15 is 0 Å². The van der Waals surface area contributed by atoms with E-state index in [4.69, 9.17) is 9.47 Å². The Morgan fingerprint density at radius 2 is 1.63 bits per heavy atom. The molecule has 9 nitrogen and oxygen atoms in total. The average Bonchev–Trinajstić information content (AvgIpc) is 2.93. The molecule has 1 aliphatic heterocycles. The van der Waals surface area contributed by atoms with Crippen molar-refractivity contribution in [3.8, 4) is 11.5 Å². The second-order valence-corrected chi connectivity index (χ2v) is 13.5. The van der Waals surface area contributed by atoms with Gasteiger partial charge in [0.25, 0.3) is 10.0 Å². The first kappa shape index (κ1) is 30.4. The van der Waals surface area contributed by atoms with Gasteiger partial charge >= 0.3 is 0 Å². The highest BCUT2D eigenvalue weighted by Gasteiger charge is 2.34. The Labute approximate surface area is 249 Å². The van der Waals surface area contributed by atoms with Crippen LogP contribution in [0.15, 0.2) is 82.2 Å². The summed E-state index contributed by atoms with van der Waals surface area (Å²) in [4.78, 5) is 28.7. The molecule has 4 rings (SSSR count). The molecule has 0 aromatic heterocycles. The molecule has 0 radical (unpaired) electrons. The normalized spacial score (nSPS) is 13.7. The van der Waals surface area contributed by atoms with E-state index in [1.54, 1.807) is 43.3 Å². The van der Waals surface area contributed by atoms with Crippen molar-refractivity contribution in [2.45, 2.75) is 50.7 Å². The van der Waals surface area contributed by atoms with Crippen molar-refractivity contribution >= 4 is 43.5 Å². The molecule has 0 spiro atoms. The van der Waals surface area contributed by atoms with E-state index in [0.717, 1.165) is 14.3 Å². The number of fused-ring (bicyclic) bond motifs is 1. The number of hydrogen-bond acceptors (Lipinski definition) is 6. The van der Waals surface area contributed by atoms with Gasteiger partial charge in [0.05, 0.1) is 10.6 Å². The van der Waals surface area contributed by atoms with E-state index in [-0.39, 0.29) is 23.0 Å². The summed E-state index contributed by atoms with van der Waals surface area (Å²) in [5, 5.41) is 2.92. The lowest BCUT2D eigenvalue weighted by Crippen LogP contribution is -2.54. The SMILES string of the molecule is C[C@@H](C(=O)NC(C)(C)C)N(Cc1cccc(Br)c1)C(=O)CN(c1ccc2c(c1)OCCO2)S(=O)(=O)c1ccccc1. The molecule has 0 aliphatic carbocycles. The van der Waals surface area contributed by atoms with Gasteiger partial charge < -0.3 is 19.7 Å². The molecule has 3 aromatic rings. The molecule has 11 heteroatoms. The summed E-state index contributed by atoms with van der Waals surface area (Å²) < 4.78 is 41.1. The van der Waals surface area contributed by atoms with Gasteiger partial charge in [-0.1, -0.05) is 46.3 Å². The van der Waals surface area contributed by atoms with Gasteiger partial charge in [-0.3, -0.25) is 13.9 Å². The summed E-state index contributed by atoms with van der Waals surface area (Å²) in [6.45, 7) is 7.46. The van der Waals surface area contributed by atoms with E-state index in [1.807, 2.05) is 45.0 Å². The molecule has 0 saturated heterocycles. The van der Waals surface area contributed by atoms with E-state index in [1.165, 1.54) is 17.0 Å². The Balaban J connectivity index is 1.74. The van der Waals surface area contributed by atoms with E-state index in [0.29, 0.717) is 24.7 Å². The van der Waals surface area contributed by atoms with Crippen LogP contribution in [-0.4, -0.2) is 56.5 Å². The number of amides is 2. The summed E-state index contributed by atoms with van der Waals surface area (Å²) in [5.74, 6) is -0.0147. The second kappa shape index (κ2) is 12.5. The molecule has 1 atom stereocenters. The number of carbonyl (C=O) groups is 2. The van der Waals surface area contributed by atoms with E-state index in [2.05, 4.69) is 21.2 Å². The maximum atomic E-state index is 14.1. The molecule has 218 valence electrons. The maximum absolute atomic E-state index is 14.1. The molecule has 0 unspecified atom stereocenters. The third kappa shape index (κ3) is 7.59. The summed E-state index contributed by atoms with van der Waals surface area (Å²) in [6.07, 6.45) is 0. The molecule has 1 aliphatic rings. The molecular weight excluding hydrogens is 610 g/mol. The monoisotopic (exact) mass is 643 g/mol. The van der Waals surface area contributed by atoms with Crippen LogP contribution in [0.2, 0.25) is 0 Å². The molecule has 0 fully saturated rings. The Morgan fingerprint density at radius 1 is 0.951 bits per heavy atom. The summed E-state index contributed by atoms with van der Waals surface area (Å²) in [5.41, 5.74) is 0.490. The number of halogens is 1. The van der Waals surface area contributed by atoms with Gasteiger partial charge in [-0.2, -0.15) is 0 Å². The van der Waals surface area contributed by atoms with Crippen LogP contribution < -0.4 is 19.1 Å². The number of anilines is 1. The first-order valence-electron chi connectivity index (χ1n) is 13.2. The Hall–Kier alpha value is -3.57. The Morgan fingerprint density at radius 3 is 2.29 bits per heavy atom. The Kier molecular flexibility index (Phi) is 9.28. The molecule has 1 heterocycles. The number of rotatable bonds is 9. The van der Waals surface area contributed by atoms with Crippen LogP contribution in [0.5, 0.6) is 11.5 Å². The molecule has 0 bridgehead atoms. The van der Waals surface area contributed by atoms with Crippen LogP contribution in [0.1, 0.15) is 33.3 Å². The first-order chi connectivity index (χ1) is 19.3. The van der Waals surface area contributed by atoms with Gasteiger partial charge in [0.2, 0.25) is 11.8 Å². The van der Waals surface area contributed by atoms with Gasteiger partial charge in [0, 0.05) is 22.6 Å². The van der Waals surface area contributed by atoms with Crippen LogP contribution in [0.3, 0.4) is 0 Å². The lowest BCUT2D eigenvalue weighted by molar-refractivity contribution is -0.140. The van der Waals surface area contributed by atoms with Crippen LogP contribution in [0, 0.1) is 0 Å². The second-order valence-electron chi connectivity index (χ2n) is 10.7. The minimum atomic E-state index is -4.18. The van der Waals surface area contributed by atoms with Crippen molar-refractivity contribution in [1.82, 2.24) is 10.2 Å². The highest BCUT2D eigenvalue weighted by atomic mass is 79.9. The summed E-state index contributed by atoms with van der Waals surface area (Å²) in [6, 6.07) is 19.2. The minimum Gasteiger partial charge on any atom is -0.486 e. The van der Waals surface area contributed by atoms with E-state index in [9.17, 15) is 18.0 Å². The van der Waals surface area contributed by atoms with Gasteiger partial charge in [-0.25, -0.2) is 8.42 Å². The van der Waals surface area contributed by atoms with Crippen molar-refractivity contribution in [2.75, 3.05) is 24.1 Å². The quantitative estimate of drug-likeness (QED) is 0.361. The van der Waals surface area contributed by atoms with Crippen molar-refractivity contribution in [3.05, 3.63) is 82.8 Å². The van der Waals surface area contributed by atoms with E-state index < -0.39 is 34.1 Å². The fraction of sp³-hybridized carbons (Fsp3) is 0.333. The molecule has 3 aromatic carbocycles. The van der Waals surface area contributed by atoms with Crippen molar-refractivity contribution in [1.29, 1.82) is 0 Å². The predicted octanol–water partition coefficient (Wildman–Crippen LogP) is 4.75. The number of benzene rings is 3. The zero-order chi connectivity index (χ0) is 29.8. The lowest BCUT2D eigenvalue weighted by atomic mass is 10.1. The van der Waals surface area contributed by atoms with Crippen molar-refractivity contribution in [2.24, 2.45) is 0 Å². The van der Waals surface area contributed by atoms with Crippen LogP contribution >= 0.6 is 15.9 Å². The number of nitrogens with zero attached hydrogens (tertiary/aromatic N) is 2. The maximum Gasteiger partial charge on any atom is 0.264 e. The highest BCUT2D eigenvalue weighted by molar-refractivity contribution is 9.10. The van der Waals surface area contributed by atoms with Crippen LogP contribution in [0.25, 0.3) is 0 Å². The first-order valence-corrected chi connectivity index (χ1v) is 15.4. The smallest absolute Gasteiger partial charge is 0.264 e. The molecular formula is C30H34BrN3O6S. The van der Waals surface area contributed by atoms with Gasteiger partial charge in [0.15, 0.2) is 11.5 Å². The molecule has 2 amide bonds. The number of nitrogens with one attached hydrogen (secondary N) is 1. The molecule has 41 heavy (non-hydrogen) atoms. The van der Waals surface area contributed by atoms with Gasteiger partial charge in [0.1, 0.15) is 25.8 Å². The predicted molar refractivity (Wildman–Crippen MR) is 160 cm³/mol. The van der Waals surface area contributed by atoms with Crippen molar-refractivity contribution in [3.63, 3.8) is 0 Å². The average molecular weight is 645 g/mol. The molecule has 0 saturated carbocycles. The van der Waals surface area contributed by atoms with Gasteiger partial charge in [-0.15, -0.1) is 0 Å². The topological polar surface area (TPSA) is 105 Å². The third-order valence-corrected chi connectivity index (χ3v) is 8.61. The third-order valence-electron chi connectivity index (χ3n) is 6.33. The number of sulfonamides is 1. The Bertz CT molecular complexity index is 1510. The molecule has 1 N–H and O–H groups in total. The number of carbonyl (C=O) groups excluding carboxylic acids is 2. The van der Waals surface area contributed by atoms with Crippen molar-refractivity contribution < 1.29 is 27.5 Å². The zero-order valence-electron chi connectivity index (χ0n) is 23.5. The van der Waals surface area contributed by atoms with Gasteiger partial charge in [-0.05, 0) is 69.7 Å². The minimum absolute atomic E-state index is 0.0275. The largest absolute Gasteiger partial charge is 0.486 e. The summed E-state index contributed by atoms with van der Waals surface area (Å²) >= 11 is 3.46. The fourth-order valence-electron chi connectivity index (χ4n) is 4.32. The van der Waals surface area contributed by atoms with Crippen LogP contribution in [0.4, 0.5) is 5.69 Å². The number of hydrogen-bond donors (Lipinski definition) is 1. The standard InChI is InChI=1S/C30H34BrN3O6S/c1-21(29(36)32-30(2,3)4)33(19-22-9-8-10-23(31)17-22)28(35)20-34(41(37,38)25-11-6-5-7-12-25)24-13-14-26-27(18-24)40-16-15-39-26/h5-14,17-18,21H,15-16,19-20H2,1-4H3,(H,32,36)/t21-/m0/s1. The van der Waals surface area contributed by atoms with Crippen LogP contribution in [-0.2, 0) is 26.2 Å². The lowest BCUT2D eigenvalue weighted by Gasteiger charge is -2.33. The highest BCUT2D eigenvalue weighted by Crippen LogP contribution is 2.36. The summed E-state index contributed by atoms with van der Waals surface area (Å²) in [7, 11) is -4.18. The zero-order valence-corrected chi connectivity index (χ0v) is 25.9. The number of ether oxygens (including phenoxy) is 2.